The maximum atomic E-state index is 13.1. The molecule has 0 heterocycles. The Balaban J connectivity index is 2.20. The highest BCUT2D eigenvalue weighted by atomic mass is 19.2. The summed E-state index contributed by atoms with van der Waals surface area (Å²) < 4.78 is 30.9. The number of benzene rings is 2. The summed E-state index contributed by atoms with van der Waals surface area (Å²) in [4.78, 5) is 15.8. The average molecular weight is 303 g/mol. The van der Waals surface area contributed by atoms with E-state index in [9.17, 15) is 13.6 Å². The average Bonchev–Trinajstić information content (AvgIpc) is 2.49. The molecule has 0 radical (unpaired) electrons. The number of esters is 1. The van der Waals surface area contributed by atoms with Crippen molar-refractivity contribution in [1.82, 2.24) is 0 Å². The van der Waals surface area contributed by atoms with E-state index in [0.717, 1.165) is 17.7 Å². The van der Waals surface area contributed by atoms with Crippen molar-refractivity contribution in [3.05, 3.63) is 64.7 Å². The summed E-state index contributed by atoms with van der Waals surface area (Å²) in [5.41, 5.74) is 2.32. The van der Waals surface area contributed by atoms with Gasteiger partial charge >= 0.3 is 5.97 Å². The van der Waals surface area contributed by atoms with Crippen molar-refractivity contribution in [3.8, 4) is 0 Å². The van der Waals surface area contributed by atoms with Crippen LogP contribution in [0.5, 0.6) is 0 Å². The molecule has 22 heavy (non-hydrogen) atoms. The van der Waals surface area contributed by atoms with Crippen LogP contribution in [0.4, 0.5) is 14.5 Å². The van der Waals surface area contributed by atoms with Crippen LogP contribution in [0, 0.1) is 18.6 Å². The summed E-state index contributed by atoms with van der Waals surface area (Å²) in [5.74, 6) is -2.20. The summed E-state index contributed by atoms with van der Waals surface area (Å²) in [6.45, 7) is 3.86. The van der Waals surface area contributed by atoms with Crippen LogP contribution in [0.15, 0.2) is 41.4 Å². The Morgan fingerprint density at radius 1 is 1.18 bits per heavy atom. The second-order valence-electron chi connectivity index (χ2n) is 4.65. The highest BCUT2D eigenvalue weighted by Gasteiger charge is 2.08. The van der Waals surface area contributed by atoms with E-state index in [0.29, 0.717) is 23.4 Å². The third kappa shape index (κ3) is 3.75. The van der Waals surface area contributed by atoms with Crippen LogP contribution in [-0.2, 0) is 4.74 Å². The zero-order chi connectivity index (χ0) is 16.1. The van der Waals surface area contributed by atoms with E-state index < -0.39 is 11.6 Å². The van der Waals surface area contributed by atoms with Crippen molar-refractivity contribution >= 4 is 17.9 Å². The Hall–Kier alpha value is -2.56. The summed E-state index contributed by atoms with van der Waals surface area (Å²) >= 11 is 0. The topological polar surface area (TPSA) is 38.7 Å². The minimum atomic E-state index is -0.918. The lowest BCUT2D eigenvalue weighted by molar-refractivity contribution is 0.0526. The van der Waals surface area contributed by atoms with Crippen LogP contribution in [0.3, 0.4) is 0 Å². The molecule has 3 nitrogen and oxygen atoms in total. The molecule has 0 atom stereocenters. The minimum Gasteiger partial charge on any atom is -0.462 e. The number of carbonyl (C=O) groups is 1. The van der Waals surface area contributed by atoms with E-state index in [4.69, 9.17) is 4.74 Å². The first-order chi connectivity index (χ1) is 10.5. The van der Waals surface area contributed by atoms with E-state index in [1.807, 2.05) is 0 Å². The van der Waals surface area contributed by atoms with Crippen LogP contribution < -0.4 is 0 Å². The SMILES string of the molecule is CCOC(=O)c1ccc(/N=C/c2ccc(F)c(F)c2)c(C)c1. The Morgan fingerprint density at radius 3 is 2.59 bits per heavy atom. The Labute approximate surface area is 127 Å². The molecule has 2 aromatic rings. The summed E-state index contributed by atoms with van der Waals surface area (Å²) in [6, 6.07) is 8.52. The number of nitrogens with zero attached hydrogens (tertiary/aromatic N) is 1. The van der Waals surface area contributed by atoms with Crippen LogP contribution in [0.1, 0.15) is 28.4 Å². The smallest absolute Gasteiger partial charge is 0.338 e. The second kappa shape index (κ2) is 6.93. The third-order valence-electron chi connectivity index (χ3n) is 3.00. The molecule has 0 aliphatic rings. The van der Waals surface area contributed by atoms with E-state index in [2.05, 4.69) is 4.99 Å². The molecule has 5 heteroatoms. The Kier molecular flexibility index (Phi) is 4.99. The lowest BCUT2D eigenvalue weighted by Crippen LogP contribution is -2.04. The molecule has 0 fully saturated rings. The van der Waals surface area contributed by atoms with Gasteiger partial charge in [-0.15, -0.1) is 0 Å². The molecule has 0 aromatic heterocycles. The minimum absolute atomic E-state index is 0.313. The second-order valence-corrected chi connectivity index (χ2v) is 4.65. The number of carbonyl (C=O) groups excluding carboxylic acids is 1. The molecule has 0 bridgehead atoms. The van der Waals surface area contributed by atoms with E-state index in [1.165, 1.54) is 12.3 Å². The van der Waals surface area contributed by atoms with Gasteiger partial charge in [0.25, 0.3) is 0 Å². The fraction of sp³-hybridized carbons (Fsp3) is 0.176. The van der Waals surface area contributed by atoms with Gasteiger partial charge in [-0.05, 0) is 55.3 Å². The van der Waals surface area contributed by atoms with Crippen LogP contribution in [0.2, 0.25) is 0 Å². The Bertz CT molecular complexity index is 727. The number of aliphatic imine (C=N–C) groups is 1. The van der Waals surface area contributed by atoms with E-state index in [1.54, 1.807) is 32.0 Å². The number of aryl methyl sites for hydroxylation is 1. The molecule has 0 aliphatic heterocycles. The predicted octanol–water partition coefficient (Wildman–Crippen LogP) is 4.20. The molecule has 0 spiro atoms. The van der Waals surface area contributed by atoms with Crippen LogP contribution in [0.25, 0.3) is 0 Å². The zero-order valence-corrected chi connectivity index (χ0v) is 12.3. The van der Waals surface area contributed by atoms with Crippen molar-refractivity contribution in [1.29, 1.82) is 0 Å². The van der Waals surface area contributed by atoms with Gasteiger partial charge in [0.15, 0.2) is 11.6 Å². The molecule has 2 rings (SSSR count). The fourth-order valence-corrected chi connectivity index (χ4v) is 1.88. The van der Waals surface area contributed by atoms with Gasteiger partial charge < -0.3 is 4.74 Å². The molecule has 0 N–H and O–H groups in total. The molecular weight excluding hydrogens is 288 g/mol. The lowest BCUT2D eigenvalue weighted by atomic mass is 10.1. The molecule has 114 valence electrons. The predicted molar refractivity (Wildman–Crippen MR) is 80.7 cm³/mol. The summed E-state index contributed by atoms with van der Waals surface area (Å²) in [5, 5.41) is 0. The highest BCUT2D eigenvalue weighted by molar-refractivity contribution is 5.90. The molecule has 0 saturated heterocycles. The van der Waals surface area contributed by atoms with Crippen molar-refractivity contribution < 1.29 is 18.3 Å². The lowest BCUT2D eigenvalue weighted by Gasteiger charge is -2.05. The van der Waals surface area contributed by atoms with Crippen molar-refractivity contribution in [3.63, 3.8) is 0 Å². The van der Waals surface area contributed by atoms with Gasteiger partial charge in [-0.25, -0.2) is 13.6 Å². The first-order valence-electron chi connectivity index (χ1n) is 6.78. The molecule has 2 aromatic carbocycles. The van der Waals surface area contributed by atoms with E-state index in [-0.39, 0.29) is 5.97 Å². The molecule has 0 aliphatic carbocycles. The number of hydrogen-bond donors (Lipinski definition) is 0. The van der Waals surface area contributed by atoms with Crippen molar-refractivity contribution in [2.45, 2.75) is 13.8 Å². The molecular formula is C17H15F2NO2. The van der Waals surface area contributed by atoms with Crippen LogP contribution in [-0.4, -0.2) is 18.8 Å². The number of hydrogen-bond acceptors (Lipinski definition) is 3. The number of rotatable bonds is 4. The van der Waals surface area contributed by atoms with Gasteiger partial charge in [0, 0.05) is 6.21 Å². The monoisotopic (exact) mass is 303 g/mol. The third-order valence-corrected chi connectivity index (χ3v) is 3.00. The Morgan fingerprint density at radius 2 is 1.95 bits per heavy atom. The maximum absolute atomic E-state index is 13.1. The standard InChI is InChI=1S/C17H15F2NO2/c1-3-22-17(21)13-5-7-16(11(2)8-13)20-10-12-4-6-14(18)15(19)9-12/h4-10H,3H2,1-2H3/b20-10+. The highest BCUT2D eigenvalue weighted by Crippen LogP contribution is 2.20. The largest absolute Gasteiger partial charge is 0.462 e. The van der Waals surface area contributed by atoms with Crippen molar-refractivity contribution in [2.75, 3.05) is 6.61 Å². The first kappa shape index (κ1) is 15.8. The van der Waals surface area contributed by atoms with Gasteiger partial charge in [0.05, 0.1) is 17.9 Å². The van der Waals surface area contributed by atoms with Crippen LogP contribution >= 0.6 is 0 Å². The molecule has 0 saturated carbocycles. The number of ether oxygens (including phenoxy) is 1. The quantitative estimate of drug-likeness (QED) is 0.627. The molecule has 0 unspecified atom stereocenters. The van der Waals surface area contributed by atoms with E-state index >= 15 is 0 Å². The first-order valence-corrected chi connectivity index (χ1v) is 6.78. The normalized spacial score (nSPS) is 10.9. The molecule has 0 amide bonds. The van der Waals surface area contributed by atoms with Gasteiger partial charge in [0.2, 0.25) is 0 Å². The fourth-order valence-electron chi connectivity index (χ4n) is 1.88. The number of halogens is 2. The zero-order valence-electron chi connectivity index (χ0n) is 12.3. The van der Waals surface area contributed by atoms with Crippen molar-refractivity contribution in [2.24, 2.45) is 4.99 Å². The van der Waals surface area contributed by atoms with Gasteiger partial charge in [-0.1, -0.05) is 6.07 Å². The van der Waals surface area contributed by atoms with Gasteiger partial charge in [-0.2, -0.15) is 0 Å². The summed E-state index contributed by atoms with van der Waals surface area (Å²) in [7, 11) is 0. The van der Waals surface area contributed by atoms with Gasteiger partial charge in [-0.3, -0.25) is 4.99 Å². The summed E-state index contributed by atoms with van der Waals surface area (Å²) in [6.07, 6.45) is 1.44. The van der Waals surface area contributed by atoms with Gasteiger partial charge in [0.1, 0.15) is 0 Å². The maximum Gasteiger partial charge on any atom is 0.338 e.